The van der Waals surface area contributed by atoms with Gasteiger partial charge in [0.25, 0.3) is 11.8 Å². The molecule has 5 N–H and O–H groups in total. The van der Waals surface area contributed by atoms with Crippen molar-refractivity contribution in [3.05, 3.63) is 17.7 Å². The van der Waals surface area contributed by atoms with Crippen molar-refractivity contribution < 1.29 is 19.2 Å². The molecule has 1 rings (SSSR count). The van der Waals surface area contributed by atoms with Crippen LogP contribution in [0.1, 0.15) is 28.0 Å². The fourth-order valence-corrected chi connectivity index (χ4v) is 1.39. The topological polar surface area (TPSA) is 145 Å². The third-order valence-corrected chi connectivity index (χ3v) is 2.51. The molecule has 0 radical (unpaired) electrons. The second-order valence-corrected chi connectivity index (χ2v) is 4.24. The molecule has 0 spiro atoms. The van der Waals surface area contributed by atoms with Crippen molar-refractivity contribution in [2.45, 2.75) is 6.92 Å². The van der Waals surface area contributed by atoms with Crippen LogP contribution in [0, 0.1) is 0 Å². The van der Waals surface area contributed by atoms with Crippen molar-refractivity contribution >= 4 is 23.6 Å². The van der Waals surface area contributed by atoms with Crippen molar-refractivity contribution in [1.29, 1.82) is 0 Å². The smallest absolute Gasteiger partial charge is 0.287 e. The Morgan fingerprint density at radius 3 is 2.41 bits per heavy atom. The summed E-state index contributed by atoms with van der Waals surface area (Å²) in [6, 6.07) is 0. The van der Waals surface area contributed by atoms with E-state index in [0.717, 1.165) is 0 Å². The first-order valence-corrected chi connectivity index (χ1v) is 6.50. The molecule has 1 heterocycles. The molecule has 0 aliphatic rings. The molecule has 0 atom stereocenters. The molecular weight excluding hydrogens is 292 g/mol. The maximum atomic E-state index is 11.7. The van der Waals surface area contributed by atoms with Crippen LogP contribution in [0.15, 0.2) is 6.20 Å². The Labute approximate surface area is 126 Å². The maximum absolute atomic E-state index is 11.7. The van der Waals surface area contributed by atoms with Gasteiger partial charge >= 0.3 is 0 Å². The molecule has 10 heteroatoms. The first-order chi connectivity index (χ1) is 10.4. The van der Waals surface area contributed by atoms with Crippen LogP contribution in [-0.2, 0) is 9.59 Å². The number of rotatable bonds is 7. The maximum Gasteiger partial charge on any atom is 0.287 e. The fourth-order valence-electron chi connectivity index (χ4n) is 1.39. The van der Waals surface area contributed by atoms with E-state index in [2.05, 4.69) is 31.2 Å². The minimum absolute atomic E-state index is 0.0343. The number of amides is 4. The van der Waals surface area contributed by atoms with Gasteiger partial charge in [-0.3, -0.25) is 19.2 Å². The lowest BCUT2D eigenvalue weighted by molar-refractivity contribution is -0.120. The Balaban J connectivity index is 2.45. The van der Waals surface area contributed by atoms with Gasteiger partial charge in [-0.05, 0) is 0 Å². The van der Waals surface area contributed by atoms with Gasteiger partial charge in [0.15, 0.2) is 5.82 Å². The summed E-state index contributed by atoms with van der Waals surface area (Å²) in [5.74, 6) is -1.62. The highest BCUT2D eigenvalue weighted by atomic mass is 16.2. The molecule has 22 heavy (non-hydrogen) atoms. The predicted molar refractivity (Wildman–Crippen MR) is 76.0 cm³/mol. The predicted octanol–water partition coefficient (Wildman–Crippen LogP) is -2.25. The van der Waals surface area contributed by atoms with Gasteiger partial charge in [0.1, 0.15) is 5.69 Å². The summed E-state index contributed by atoms with van der Waals surface area (Å²) in [7, 11) is 1.45. The summed E-state index contributed by atoms with van der Waals surface area (Å²) < 4.78 is 0. The van der Waals surface area contributed by atoms with Gasteiger partial charge in [-0.1, -0.05) is 0 Å². The van der Waals surface area contributed by atoms with Crippen LogP contribution in [0.2, 0.25) is 0 Å². The summed E-state index contributed by atoms with van der Waals surface area (Å²) in [5, 5.41) is 9.77. The van der Waals surface area contributed by atoms with E-state index in [4.69, 9.17) is 0 Å². The molecule has 10 nitrogen and oxygen atoms in total. The van der Waals surface area contributed by atoms with E-state index in [1.54, 1.807) is 0 Å². The monoisotopic (exact) mass is 310 g/mol. The van der Waals surface area contributed by atoms with Crippen LogP contribution in [0.4, 0.5) is 0 Å². The number of imidazole rings is 1. The third-order valence-electron chi connectivity index (χ3n) is 2.51. The molecule has 0 aliphatic heterocycles. The Hall–Kier alpha value is -2.91. The second kappa shape index (κ2) is 8.39. The number of carbonyl (C=O) groups excluding carboxylic acids is 4. The average Bonchev–Trinajstić information content (AvgIpc) is 2.98. The lowest BCUT2D eigenvalue weighted by Crippen LogP contribution is -2.35. The van der Waals surface area contributed by atoms with Crippen molar-refractivity contribution in [2.75, 3.05) is 26.7 Å². The number of nitrogens with one attached hydrogen (secondary N) is 5. The minimum Gasteiger partial charge on any atom is -0.358 e. The summed E-state index contributed by atoms with van der Waals surface area (Å²) in [4.78, 5) is 51.4. The van der Waals surface area contributed by atoms with Gasteiger partial charge in [0, 0.05) is 27.1 Å². The zero-order valence-electron chi connectivity index (χ0n) is 12.3. The van der Waals surface area contributed by atoms with Gasteiger partial charge < -0.3 is 26.3 Å². The van der Waals surface area contributed by atoms with E-state index in [0.29, 0.717) is 6.54 Å². The van der Waals surface area contributed by atoms with E-state index < -0.39 is 11.8 Å². The lowest BCUT2D eigenvalue weighted by atomic mass is 10.4. The minimum atomic E-state index is -0.548. The number of aromatic nitrogens is 2. The fraction of sp³-hybridized carbons (Fsp3) is 0.417. The molecule has 1 aromatic rings. The van der Waals surface area contributed by atoms with Crippen LogP contribution in [0.25, 0.3) is 0 Å². The Morgan fingerprint density at radius 2 is 1.77 bits per heavy atom. The van der Waals surface area contributed by atoms with Crippen molar-refractivity contribution in [3.63, 3.8) is 0 Å². The Kier molecular flexibility index (Phi) is 6.54. The molecule has 120 valence electrons. The van der Waals surface area contributed by atoms with Crippen LogP contribution in [-0.4, -0.2) is 60.3 Å². The summed E-state index contributed by atoms with van der Waals surface area (Å²) in [5.41, 5.74) is 0.0657. The molecule has 1 aromatic heterocycles. The second-order valence-electron chi connectivity index (χ2n) is 4.24. The summed E-state index contributed by atoms with van der Waals surface area (Å²) in [6.45, 7) is 1.73. The SMILES string of the molecule is CNC(=O)CNC(=O)c1cnc(C(=O)NCCNC(C)=O)[nH]1. The number of hydrogen-bond acceptors (Lipinski definition) is 5. The number of H-pyrrole nitrogens is 1. The van der Waals surface area contributed by atoms with Crippen LogP contribution >= 0.6 is 0 Å². The molecule has 0 aromatic carbocycles. The summed E-state index contributed by atoms with van der Waals surface area (Å²) >= 11 is 0. The quantitative estimate of drug-likeness (QED) is 0.361. The van der Waals surface area contributed by atoms with Crippen LogP contribution in [0.5, 0.6) is 0 Å². The largest absolute Gasteiger partial charge is 0.358 e. The average molecular weight is 310 g/mol. The highest BCUT2D eigenvalue weighted by molar-refractivity contribution is 5.97. The molecule has 0 saturated heterocycles. The van der Waals surface area contributed by atoms with E-state index in [-0.39, 0.29) is 36.4 Å². The zero-order chi connectivity index (χ0) is 16.5. The van der Waals surface area contributed by atoms with Crippen LogP contribution in [0.3, 0.4) is 0 Å². The van der Waals surface area contributed by atoms with E-state index in [9.17, 15) is 19.2 Å². The molecule has 0 aliphatic carbocycles. The van der Waals surface area contributed by atoms with Crippen molar-refractivity contribution in [3.8, 4) is 0 Å². The first-order valence-electron chi connectivity index (χ1n) is 6.50. The van der Waals surface area contributed by atoms with Gasteiger partial charge in [-0.25, -0.2) is 4.98 Å². The van der Waals surface area contributed by atoms with E-state index in [1.165, 1.54) is 20.2 Å². The highest BCUT2D eigenvalue weighted by Crippen LogP contribution is 1.97. The van der Waals surface area contributed by atoms with Gasteiger partial charge in [-0.15, -0.1) is 0 Å². The Morgan fingerprint density at radius 1 is 1.09 bits per heavy atom. The number of carbonyl (C=O) groups is 4. The highest BCUT2D eigenvalue weighted by Gasteiger charge is 2.14. The number of aromatic amines is 1. The first kappa shape index (κ1) is 17.1. The summed E-state index contributed by atoms with van der Waals surface area (Å²) in [6.07, 6.45) is 1.20. The molecule has 0 fully saturated rings. The molecule has 4 amide bonds. The Bertz CT molecular complexity index is 568. The van der Waals surface area contributed by atoms with Gasteiger partial charge in [-0.2, -0.15) is 0 Å². The number of nitrogens with zero attached hydrogens (tertiary/aromatic N) is 1. The standard InChI is InChI=1S/C12H18N6O4/c1-7(19)14-3-4-15-12(22)10-16-5-8(18-10)11(21)17-6-9(20)13-2/h5H,3-4,6H2,1-2H3,(H,13,20)(H,14,19)(H,15,22)(H,16,18)(H,17,21). The molecule has 0 bridgehead atoms. The van der Waals surface area contributed by atoms with Crippen LogP contribution < -0.4 is 21.3 Å². The van der Waals surface area contributed by atoms with E-state index >= 15 is 0 Å². The zero-order valence-corrected chi connectivity index (χ0v) is 12.3. The molecular formula is C12H18N6O4. The molecule has 0 saturated carbocycles. The number of hydrogen-bond donors (Lipinski definition) is 5. The lowest BCUT2D eigenvalue weighted by Gasteiger charge is -2.04. The molecule has 0 unspecified atom stereocenters. The van der Waals surface area contributed by atoms with E-state index in [1.807, 2.05) is 0 Å². The number of likely N-dealkylation sites (N-methyl/N-ethyl adjacent to an activating group) is 1. The van der Waals surface area contributed by atoms with Gasteiger partial charge in [0.05, 0.1) is 12.7 Å². The normalized spacial score (nSPS) is 9.73. The third kappa shape index (κ3) is 5.61. The van der Waals surface area contributed by atoms with Gasteiger partial charge in [0.2, 0.25) is 11.8 Å². The van der Waals surface area contributed by atoms with Crippen molar-refractivity contribution in [1.82, 2.24) is 31.2 Å². The van der Waals surface area contributed by atoms with Crippen molar-refractivity contribution in [2.24, 2.45) is 0 Å².